The van der Waals surface area contributed by atoms with Gasteiger partial charge in [-0.1, -0.05) is 18.2 Å². The first-order valence-electron chi connectivity index (χ1n) is 20.7. The van der Waals surface area contributed by atoms with Gasteiger partial charge in [-0.25, -0.2) is 17.6 Å². The Balaban J connectivity index is 0.839. The van der Waals surface area contributed by atoms with Crippen molar-refractivity contribution in [2.45, 2.75) is 83.1 Å². The molecule has 0 aliphatic carbocycles. The number of aromatic nitrogens is 1. The van der Waals surface area contributed by atoms with E-state index < -0.39 is 48.5 Å². The van der Waals surface area contributed by atoms with Crippen LogP contribution in [0.4, 0.5) is 23.2 Å². The summed E-state index contributed by atoms with van der Waals surface area (Å²) in [4.78, 5) is 74.0. The first-order valence-corrected chi connectivity index (χ1v) is 20.7. The molecule has 0 bridgehead atoms. The van der Waals surface area contributed by atoms with E-state index in [1.54, 1.807) is 12.1 Å². The molecule has 314 valence electrons. The molecular weight excluding hydrogens is 781 g/mol. The van der Waals surface area contributed by atoms with Crippen LogP contribution in [0.25, 0.3) is 10.9 Å². The Bertz CT molecular complexity index is 2340. The van der Waals surface area contributed by atoms with E-state index in [-0.39, 0.29) is 53.4 Å². The number of para-hydroxylation sites is 1. The summed E-state index contributed by atoms with van der Waals surface area (Å²) in [6.45, 7) is 4.43. The summed E-state index contributed by atoms with van der Waals surface area (Å²) in [5, 5.41) is 0.920. The van der Waals surface area contributed by atoms with E-state index in [4.69, 9.17) is 0 Å². The van der Waals surface area contributed by atoms with E-state index in [1.165, 1.54) is 17.0 Å². The van der Waals surface area contributed by atoms with Crippen molar-refractivity contribution >= 4 is 46.9 Å². The highest BCUT2D eigenvalue weighted by molar-refractivity contribution is 6.22. The second kappa shape index (κ2) is 15.6. The van der Waals surface area contributed by atoms with Crippen LogP contribution in [0.2, 0.25) is 0 Å². The number of H-pyrrole nitrogens is 1. The van der Waals surface area contributed by atoms with Gasteiger partial charge in [0.25, 0.3) is 18.2 Å². The van der Waals surface area contributed by atoms with E-state index in [2.05, 4.69) is 4.98 Å². The van der Waals surface area contributed by atoms with Gasteiger partial charge >= 0.3 is 0 Å². The number of amides is 3. The molecule has 1 aromatic heterocycles. The van der Waals surface area contributed by atoms with Crippen molar-refractivity contribution in [1.29, 1.82) is 0 Å². The maximum atomic E-state index is 16.4. The van der Waals surface area contributed by atoms with Crippen LogP contribution in [0.15, 0.2) is 48.5 Å². The number of carbonyl (C=O) groups excluding carboxylic acids is 5. The van der Waals surface area contributed by atoms with Gasteiger partial charge in [0.1, 0.15) is 24.2 Å². The molecule has 6 heterocycles. The molecular formula is C45H46F4N6O5. The molecule has 60 heavy (non-hydrogen) atoms. The number of rotatable bonds is 11. The molecule has 15 heteroatoms. The number of nitrogens with zero attached hydrogens (tertiary/aromatic N) is 5. The topological polar surface area (TPSA) is 117 Å². The second-order valence-electron chi connectivity index (χ2n) is 17.2. The summed E-state index contributed by atoms with van der Waals surface area (Å²) in [6, 6.07) is 11.1. The number of fused-ring (bicyclic) bond motifs is 5. The molecule has 1 unspecified atom stereocenters. The summed E-state index contributed by atoms with van der Waals surface area (Å²) in [5.74, 6) is -2.71. The lowest BCUT2D eigenvalue weighted by Crippen LogP contribution is -2.47. The monoisotopic (exact) mass is 826 g/mol. The first kappa shape index (κ1) is 40.0. The third-order valence-electron chi connectivity index (χ3n) is 13.6. The number of imide groups is 1. The van der Waals surface area contributed by atoms with Crippen molar-refractivity contribution in [2.24, 2.45) is 5.41 Å². The molecule has 11 nitrogen and oxygen atoms in total. The number of piperidine rings is 1. The van der Waals surface area contributed by atoms with Crippen molar-refractivity contribution in [3.05, 3.63) is 99.2 Å². The van der Waals surface area contributed by atoms with E-state index in [0.717, 1.165) is 51.8 Å². The summed E-state index contributed by atoms with van der Waals surface area (Å²) >= 11 is 0. The highest BCUT2D eigenvalue weighted by Gasteiger charge is 2.45. The zero-order chi connectivity index (χ0) is 42.0. The fourth-order valence-electron chi connectivity index (χ4n) is 10.5. The lowest BCUT2D eigenvalue weighted by atomic mass is 9.77. The molecule has 5 aliphatic rings. The quantitative estimate of drug-likeness (QED) is 0.111. The summed E-state index contributed by atoms with van der Waals surface area (Å²) in [5.41, 5.74) is 4.36. The number of aromatic amines is 1. The molecule has 1 N–H and O–H groups in total. The number of anilines is 1. The predicted octanol–water partition coefficient (Wildman–Crippen LogP) is 6.02. The number of aldehydes is 2. The summed E-state index contributed by atoms with van der Waals surface area (Å²) < 4.78 is 60.6. The normalized spacial score (nSPS) is 21.9. The van der Waals surface area contributed by atoms with Crippen LogP contribution in [0, 0.1) is 17.0 Å². The third-order valence-corrected chi connectivity index (χ3v) is 13.6. The van der Waals surface area contributed by atoms with Crippen LogP contribution in [0.3, 0.4) is 0 Å². The summed E-state index contributed by atoms with van der Waals surface area (Å²) in [7, 11) is 0. The Hall–Kier alpha value is -5.41. The second-order valence-corrected chi connectivity index (χ2v) is 17.2. The Labute approximate surface area is 344 Å². The number of carbonyl (C=O) groups is 5. The predicted molar refractivity (Wildman–Crippen MR) is 214 cm³/mol. The minimum Gasteiger partial charge on any atom is -0.371 e. The molecule has 9 rings (SSSR count). The van der Waals surface area contributed by atoms with Crippen molar-refractivity contribution in [2.75, 3.05) is 44.2 Å². The molecule has 5 aliphatic heterocycles. The molecule has 3 amide bonds. The van der Waals surface area contributed by atoms with Gasteiger partial charge < -0.3 is 24.4 Å². The lowest BCUT2D eigenvalue weighted by Gasteiger charge is -2.41. The molecule has 3 aromatic carbocycles. The van der Waals surface area contributed by atoms with E-state index in [9.17, 15) is 32.8 Å². The first-order chi connectivity index (χ1) is 28.9. The molecule has 0 radical (unpaired) electrons. The van der Waals surface area contributed by atoms with Gasteiger partial charge in [0.15, 0.2) is 0 Å². The Morgan fingerprint density at radius 3 is 2.22 bits per heavy atom. The maximum Gasteiger partial charge on any atom is 0.262 e. The highest BCUT2D eigenvalue weighted by atomic mass is 19.3. The van der Waals surface area contributed by atoms with Crippen LogP contribution in [0.1, 0.15) is 93.7 Å². The van der Waals surface area contributed by atoms with E-state index in [0.29, 0.717) is 69.6 Å². The number of likely N-dealkylation sites (tertiary alicyclic amines) is 1. The molecule has 2 saturated heterocycles. The smallest absolute Gasteiger partial charge is 0.262 e. The Morgan fingerprint density at radius 1 is 0.933 bits per heavy atom. The van der Waals surface area contributed by atoms with E-state index >= 15 is 8.78 Å². The maximum absolute atomic E-state index is 16.4. The van der Waals surface area contributed by atoms with Gasteiger partial charge in [-0.15, -0.1) is 0 Å². The SMILES string of the molecule is C[C@@H]1Cc2c([nH]c3ccccc23)[C@@H](c2c(F)cc(N3CCC4(CCN(C(=O)CN5Cc6cc7c(cc6C5)C(=O)N(C(C=O)CCC=O)C7=O)CC4)C3)cc2F)N1CC(F)F. The average Bonchev–Trinajstić information content (AvgIpc) is 3.98. The van der Waals surface area contributed by atoms with Crippen LogP contribution in [-0.2, 0) is 33.9 Å². The van der Waals surface area contributed by atoms with Crippen LogP contribution < -0.4 is 4.90 Å². The van der Waals surface area contributed by atoms with Crippen molar-refractivity contribution in [1.82, 2.24) is 24.6 Å². The van der Waals surface area contributed by atoms with Gasteiger partial charge in [0.05, 0.1) is 36.3 Å². The Morgan fingerprint density at radius 2 is 1.58 bits per heavy atom. The van der Waals surface area contributed by atoms with Crippen molar-refractivity contribution in [3.63, 3.8) is 0 Å². The minimum absolute atomic E-state index is 0.0295. The van der Waals surface area contributed by atoms with Crippen molar-refractivity contribution < 1.29 is 41.5 Å². The molecule has 3 atom stereocenters. The van der Waals surface area contributed by atoms with Gasteiger partial charge in [-0.3, -0.25) is 29.1 Å². The number of nitrogens with one attached hydrogen (secondary N) is 1. The number of halogens is 4. The van der Waals surface area contributed by atoms with Gasteiger partial charge in [-0.2, -0.15) is 0 Å². The number of alkyl halides is 2. The summed E-state index contributed by atoms with van der Waals surface area (Å²) in [6.07, 6.45) is 1.32. The number of hydrogen-bond acceptors (Lipinski definition) is 8. The number of benzene rings is 3. The van der Waals surface area contributed by atoms with Crippen LogP contribution in [0.5, 0.6) is 0 Å². The third kappa shape index (κ3) is 6.88. The Kier molecular flexibility index (Phi) is 10.4. The van der Waals surface area contributed by atoms with Gasteiger partial charge in [-0.05, 0) is 91.5 Å². The minimum atomic E-state index is -2.69. The molecule has 2 fully saturated rings. The standard InChI is InChI=1S/C45H46F4N6O5/c1-26-15-32-31-6-2-3-7-37(31)50-41(32)42(54(26)22-38(48)49)40-35(46)18-30(19-36(40)47)53-13-10-45(25-53)8-11-52(12-9-45)39(58)23-51-20-27-16-33-34(17-28(27)21-51)44(60)55(43(33)59)29(24-57)5-4-14-56/h2-3,6-7,14,16-19,24,26,29,38,42,50H,4-5,8-13,15,20-23,25H2,1H3/t26-,29?,42-/m1/s1. The largest absolute Gasteiger partial charge is 0.371 e. The fraction of sp³-hybridized carbons (Fsp3) is 0.444. The van der Waals surface area contributed by atoms with Gasteiger partial charge in [0.2, 0.25) is 5.91 Å². The molecule has 0 saturated carbocycles. The zero-order valence-electron chi connectivity index (χ0n) is 33.3. The molecule has 1 spiro atoms. The zero-order valence-corrected chi connectivity index (χ0v) is 33.3. The van der Waals surface area contributed by atoms with E-state index in [1.807, 2.05) is 45.9 Å². The van der Waals surface area contributed by atoms with Crippen molar-refractivity contribution in [3.8, 4) is 0 Å². The lowest BCUT2D eigenvalue weighted by molar-refractivity contribution is -0.134. The van der Waals surface area contributed by atoms with Crippen LogP contribution in [-0.4, -0.2) is 113 Å². The highest BCUT2D eigenvalue weighted by Crippen LogP contribution is 2.46. The van der Waals surface area contributed by atoms with Crippen LogP contribution >= 0.6 is 0 Å². The molecule has 4 aromatic rings. The van der Waals surface area contributed by atoms with Gasteiger partial charge in [0, 0.05) is 79.6 Å². The number of hydrogen-bond donors (Lipinski definition) is 1. The average molecular weight is 827 g/mol. The fourth-order valence-corrected chi connectivity index (χ4v) is 10.5.